The minimum absolute atomic E-state index is 0.203. The fraction of sp³-hybridized carbons (Fsp3) is 0.556. The number of rotatable bonds is 2. The summed E-state index contributed by atoms with van der Waals surface area (Å²) in [7, 11) is 0. The number of hydrogen-bond acceptors (Lipinski definition) is 4. The van der Waals surface area contributed by atoms with Crippen LogP contribution in [-0.4, -0.2) is 39.2 Å². The summed E-state index contributed by atoms with van der Waals surface area (Å²) in [6.45, 7) is 2.27. The van der Waals surface area contributed by atoms with Gasteiger partial charge < -0.3 is 5.11 Å². The van der Waals surface area contributed by atoms with Crippen molar-refractivity contribution in [1.29, 1.82) is 0 Å². The fourth-order valence-corrected chi connectivity index (χ4v) is 1.79. The molecule has 0 bridgehead atoms. The van der Waals surface area contributed by atoms with Crippen LogP contribution in [0.15, 0.2) is 12.4 Å². The van der Waals surface area contributed by atoms with Crippen LogP contribution in [0.5, 0.6) is 0 Å². The molecule has 2 heterocycles. The largest absolute Gasteiger partial charge is 0.392 e. The predicted octanol–water partition coefficient (Wildman–Crippen LogP) is 0.697. The number of halogens is 1. The van der Waals surface area contributed by atoms with Crippen molar-refractivity contribution >= 4 is 11.6 Å². The van der Waals surface area contributed by atoms with Gasteiger partial charge in [0.2, 0.25) is 0 Å². The topological polar surface area (TPSA) is 49.2 Å². The van der Waals surface area contributed by atoms with Crippen molar-refractivity contribution in [3.8, 4) is 0 Å². The Kier molecular flexibility index (Phi) is 2.96. The maximum absolute atomic E-state index is 9.34. The second-order valence-corrected chi connectivity index (χ2v) is 3.83. The molecule has 1 aliphatic heterocycles. The normalized spacial score (nSPS) is 22.9. The third-order valence-electron chi connectivity index (χ3n) is 2.34. The Morgan fingerprint density at radius 1 is 1.50 bits per heavy atom. The van der Waals surface area contributed by atoms with Crippen LogP contribution in [0.4, 0.5) is 0 Å². The number of aromatic nitrogens is 2. The summed E-state index contributed by atoms with van der Waals surface area (Å²) in [5, 5.41) is 9.79. The first kappa shape index (κ1) is 9.83. The first-order valence-corrected chi connectivity index (χ1v) is 4.99. The molecule has 0 unspecified atom stereocenters. The lowest BCUT2D eigenvalue weighted by Gasteiger charge is -2.14. The summed E-state index contributed by atoms with van der Waals surface area (Å²) in [5.74, 6) is 0. The van der Waals surface area contributed by atoms with E-state index in [2.05, 4.69) is 14.9 Å². The highest BCUT2D eigenvalue weighted by molar-refractivity contribution is 6.29. The van der Waals surface area contributed by atoms with Crippen LogP contribution in [0, 0.1) is 0 Å². The zero-order valence-corrected chi connectivity index (χ0v) is 8.48. The average Bonchev–Trinajstić information content (AvgIpc) is 2.56. The first-order chi connectivity index (χ1) is 6.75. The Morgan fingerprint density at radius 3 is 2.93 bits per heavy atom. The van der Waals surface area contributed by atoms with E-state index >= 15 is 0 Å². The van der Waals surface area contributed by atoms with Gasteiger partial charge in [0, 0.05) is 32.0 Å². The van der Waals surface area contributed by atoms with E-state index < -0.39 is 0 Å². The number of aliphatic hydroxyl groups excluding tert-OH is 1. The Morgan fingerprint density at radius 2 is 2.29 bits per heavy atom. The van der Waals surface area contributed by atoms with Gasteiger partial charge in [0.15, 0.2) is 5.15 Å². The second kappa shape index (κ2) is 4.21. The van der Waals surface area contributed by atoms with Crippen LogP contribution in [0.1, 0.15) is 12.1 Å². The van der Waals surface area contributed by atoms with Gasteiger partial charge in [-0.1, -0.05) is 11.6 Å². The molecule has 0 aromatic carbocycles. The summed E-state index contributed by atoms with van der Waals surface area (Å²) in [6, 6.07) is 0. The van der Waals surface area contributed by atoms with Crippen molar-refractivity contribution in [3.05, 3.63) is 23.2 Å². The summed E-state index contributed by atoms with van der Waals surface area (Å²) in [6.07, 6.45) is 3.83. The van der Waals surface area contributed by atoms with Gasteiger partial charge in [-0.3, -0.25) is 9.88 Å². The van der Waals surface area contributed by atoms with Gasteiger partial charge in [0.05, 0.1) is 11.8 Å². The number of β-amino-alcohol motifs (C(OH)–C–C–N with tert-alkyl or cyclic N) is 1. The molecule has 0 radical (unpaired) electrons. The van der Waals surface area contributed by atoms with Crippen LogP contribution >= 0.6 is 11.6 Å². The molecule has 4 nitrogen and oxygen atoms in total. The summed E-state index contributed by atoms with van der Waals surface area (Å²) < 4.78 is 0. The van der Waals surface area contributed by atoms with Gasteiger partial charge >= 0.3 is 0 Å². The lowest BCUT2D eigenvalue weighted by atomic mass is 10.3. The molecule has 0 saturated carbocycles. The van der Waals surface area contributed by atoms with Crippen molar-refractivity contribution in [1.82, 2.24) is 14.9 Å². The Balaban J connectivity index is 2.01. The number of hydrogen-bond donors (Lipinski definition) is 1. The van der Waals surface area contributed by atoms with E-state index in [0.717, 1.165) is 18.7 Å². The molecule has 2 rings (SSSR count). The van der Waals surface area contributed by atoms with Gasteiger partial charge in [-0.15, -0.1) is 0 Å². The maximum atomic E-state index is 9.34. The Bertz CT molecular complexity index is 321. The van der Waals surface area contributed by atoms with Gasteiger partial charge in [-0.05, 0) is 6.42 Å². The predicted molar refractivity (Wildman–Crippen MR) is 52.9 cm³/mol. The number of nitrogens with zero attached hydrogens (tertiary/aromatic N) is 3. The van der Waals surface area contributed by atoms with E-state index in [-0.39, 0.29) is 6.10 Å². The minimum atomic E-state index is -0.203. The van der Waals surface area contributed by atoms with E-state index in [9.17, 15) is 5.11 Å². The van der Waals surface area contributed by atoms with Gasteiger partial charge in [-0.25, -0.2) is 4.98 Å². The molecular formula is C9H12ClN3O. The lowest BCUT2D eigenvalue weighted by molar-refractivity contribution is 0.174. The van der Waals surface area contributed by atoms with Crippen molar-refractivity contribution < 1.29 is 5.11 Å². The van der Waals surface area contributed by atoms with Crippen LogP contribution in [0.25, 0.3) is 0 Å². The number of likely N-dealkylation sites (tertiary alicyclic amines) is 1. The third-order valence-corrected chi connectivity index (χ3v) is 2.66. The number of aliphatic hydroxyl groups is 1. The van der Waals surface area contributed by atoms with Gasteiger partial charge in [-0.2, -0.15) is 0 Å². The van der Waals surface area contributed by atoms with Crippen molar-refractivity contribution in [2.75, 3.05) is 13.1 Å². The van der Waals surface area contributed by atoms with Crippen LogP contribution in [-0.2, 0) is 6.54 Å². The summed E-state index contributed by atoms with van der Waals surface area (Å²) in [5.41, 5.74) is 0.781. The molecule has 1 N–H and O–H groups in total. The van der Waals surface area contributed by atoms with E-state index in [1.807, 2.05) is 0 Å². The highest BCUT2D eigenvalue weighted by Crippen LogP contribution is 2.15. The van der Waals surface area contributed by atoms with E-state index in [1.54, 1.807) is 12.4 Å². The fourth-order valence-electron chi connectivity index (χ4n) is 1.62. The lowest BCUT2D eigenvalue weighted by Crippen LogP contribution is -2.22. The maximum Gasteiger partial charge on any atom is 0.151 e. The monoisotopic (exact) mass is 213 g/mol. The highest BCUT2D eigenvalue weighted by atomic mass is 35.5. The molecule has 1 aromatic heterocycles. The summed E-state index contributed by atoms with van der Waals surface area (Å²) >= 11 is 5.88. The van der Waals surface area contributed by atoms with Gasteiger partial charge in [0.25, 0.3) is 0 Å². The van der Waals surface area contributed by atoms with Crippen LogP contribution < -0.4 is 0 Å². The average molecular weight is 214 g/mol. The zero-order chi connectivity index (χ0) is 9.97. The molecule has 1 aliphatic rings. The van der Waals surface area contributed by atoms with Crippen molar-refractivity contribution in [2.45, 2.75) is 19.1 Å². The van der Waals surface area contributed by atoms with Crippen molar-refractivity contribution in [3.63, 3.8) is 0 Å². The molecular weight excluding hydrogens is 202 g/mol. The molecule has 1 saturated heterocycles. The van der Waals surface area contributed by atoms with E-state index in [0.29, 0.717) is 18.2 Å². The van der Waals surface area contributed by atoms with Gasteiger partial charge in [0.1, 0.15) is 0 Å². The molecule has 1 aromatic rings. The van der Waals surface area contributed by atoms with E-state index in [1.165, 1.54) is 0 Å². The SMILES string of the molecule is O[C@@H]1CCN(Cc2nccnc2Cl)C1. The van der Waals surface area contributed by atoms with Crippen molar-refractivity contribution in [2.24, 2.45) is 0 Å². The standard InChI is InChI=1S/C9H12ClN3O/c10-9-8(11-2-3-12-9)6-13-4-1-7(14)5-13/h2-3,7,14H,1,4-6H2/t7-/m1/s1. The molecule has 14 heavy (non-hydrogen) atoms. The smallest absolute Gasteiger partial charge is 0.151 e. The Hall–Kier alpha value is -0.710. The van der Waals surface area contributed by atoms with E-state index in [4.69, 9.17) is 11.6 Å². The first-order valence-electron chi connectivity index (χ1n) is 4.61. The molecule has 1 fully saturated rings. The summed E-state index contributed by atoms with van der Waals surface area (Å²) in [4.78, 5) is 10.2. The molecule has 0 spiro atoms. The van der Waals surface area contributed by atoms with Crippen LogP contribution in [0.2, 0.25) is 5.15 Å². The zero-order valence-electron chi connectivity index (χ0n) is 7.73. The molecule has 0 aliphatic carbocycles. The molecule has 0 amide bonds. The third kappa shape index (κ3) is 2.20. The molecule has 5 heteroatoms. The quantitative estimate of drug-likeness (QED) is 0.786. The highest BCUT2D eigenvalue weighted by Gasteiger charge is 2.21. The second-order valence-electron chi connectivity index (χ2n) is 3.47. The minimum Gasteiger partial charge on any atom is -0.392 e. The Labute approximate surface area is 87.5 Å². The molecule has 76 valence electrons. The molecule has 1 atom stereocenters. The van der Waals surface area contributed by atoms with Crippen LogP contribution in [0.3, 0.4) is 0 Å².